The lowest BCUT2D eigenvalue weighted by Gasteiger charge is -2.32. The number of rotatable bonds is 4. The van der Waals surface area contributed by atoms with Crippen LogP contribution in [0.5, 0.6) is 0 Å². The van der Waals surface area contributed by atoms with Crippen molar-refractivity contribution < 1.29 is 14.3 Å². The number of nitrogens with one attached hydrogen (secondary N) is 1. The second kappa shape index (κ2) is 7.68. The van der Waals surface area contributed by atoms with Crippen molar-refractivity contribution in [1.29, 1.82) is 0 Å². The van der Waals surface area contributed by atoms with E-state index in [0.717, 1.165) is 11.3 Å². The summed E-state index contributed by atoms with van der Waals surface area (Å²) in [6.45, 7) is 2.69. The van der Waals surface area contributed by atoms with Gasteiger partial charge in [0.15, 0.2) is 0 Å². The van der Waals surface area contributed by atoms with Crippen LogP contribution in [0.15, 0.2) is 48.5 Å². The highest BCUT2D eigenvalue weighted by Crippen LogP contribution is 2.21. The van der Waals surface area contributed by atoms with Gasteiger partial charge in [-0.05, 0) is 43.3 Å². The summed E-state index contributed by atoms with van der Waals surface area (Å²) in [6, 6.07) is 14.5. The summed E-state index contributed by atoms with van der Waals surface area (Å²) >= 11 is 5.89. The van der Waals surface area contributed by atoms with Crippen molar-refractivity contribution >= 4 is 29.1 Å². The number of hydrogen-bond acceptors (Lipinski definition) is 3. The van der Waals surface area contributed by atoms with E-state index in [1.807, 2.05) is 19.1 Å². The van der Waals surface area contributed by atoms with Crippen LogP contribution in [0.2, 0.25) is 5.02 Å². The highest BCUT2D eigenvalue weighted by molar-refractivity contribution is 6.30. The lowest BCUT2D eigenvalue weighted by Crippen LogP contribution is -2.50. The van der Waals surface area contributed by atoms with Crippen molar-refractivity contribution in [2.24, 2.45) is 0 Å². The zero-order chi connectivity index (χ0) is 17.8. The lowest BCUT2D eigenvalue weighted by molar-refractivity contribution is -0.129. The van der Waals surface area contributed by atoms with Crippen LogP contribution < -0.4 is 10.2 Å². The Bertz CT molecular complexity index is 759. The molecule has 0 spiro atoms. The third kappa shape index (κ3) is 4.38. The summed E-state index contributed by atoms with van der Waals surface area (Å²) < 4.78 is 5.54. The smallest absolute Gasteiger partial charge is 0.253 e. The summed E-state index contributed by atoms with van der Waals surface area (Å²) in [7, 11) is 0. The van der Waals surface area contributed by atoms with Crippen molar-refractivity contribution in [1.82, 2.24) is 5.32 Å². The Morgan fingerprint density at radius 1 is 1.20 bits per heavy atom. The van der Waals surface area contributed by atoms with Crippen LogP contribution in [0.1, 0.15) is 15.9 Å². The molecule has 1 aliphatic heterocycles. The van der Waals surface area contributed by atoms with Crippen LogP contribution in [-0.4, -0.2) is 37.6 Å². The molecule has 0 aliphatic carbocycles. The van der Waals surface area contributed by atoms with Crippen molar-refractivity contribution in [3.05, 3.63) is 64.7 Å². The average molecular weight is 359 g/mol. The fourth-order valence-electron chi connectivity index (χ4n) is 2.63. The van der Waals surface area contributed by atoms with Crippen LogP contribution in [-0.2, 0) is 9.53 Å². The SMILES string of the molecule is Cc1ccc(C(=O)NCC2CN(c3ccc(Cl)cc3)C(=O)CO2)cc1. The normalized spacial score (nSPS) is 17.4. The highest BCUT2D eigenvalue weighted by atomic mass is 35.5. The zero-order valence-corrected chi connectivity index (χ0v) is 14.6. The van der Waals surface area contributed by atoms with Crippen LogP contribution in [0.3, 0.4) is 0 Å². The maximum atomic E-state index is 12.2. The van der Waals surface area contributed by atoms with E-state index in [0.29, 0.717) is 23.7 Å². The first-order valence-electron chi connectivity index (χ1n) is 8.05. The number of carbonyl (C=O) groups excluding carboxylic acids is 2. The van der Waals surface area contributed by atoms with E-state index in [-0.39, 0.29) is 24.5 Å². The molecule has 0 aromatic heterocycles. The molecule has 1 atom stereocenters. The Hall–Kier alpha value is -2.37. The van der Waals surface area contributed by atoms with E-state index in [1.165, 1.54) is 0 Å². The number of anilines is 1. The number of nitrogens with zero attached hydrogens (tertiary/aromatic N) is 1. The molecule has 1 saturated heterocycles. The van der Waals surface area contributed by atoms with E-state index in [2.05, 4.69) is 5.32 Å². The van der Waals surface area contributed by atoms with E-state index in [1.54, 1.807) is 41.3 Å². The molecule has 1 fully saturated rings. The molecule has 0 bridgehead atoms. The summed E-state index contributed by atoms with van der Waals surface area (Å²) in [5.41, 5.74) is 2.48. The molecule has 2 aromatic carbocycles. The van der Waals surface area contributed by atoms with Gasteiger partial charge in [0.25, 0.3) is 11.8 Å². The quantitative estimate of drug-likeness (QED) is 0.914. The fraction of sp³-hybridized carbons (Fsp3) is 0.263. The molecule has 0 saturated carbocycles. The maximum Gasteiger partial charge on any atom is 0.253 e. The number of aryl methyl sites for hydroxylation is 1. The fourth-order valence-corrected chi connectivity index (χ4v) is 2.76. The van der Waals surface area contributed by atoms with Crippen molar-refractivity contribution in [3.63, 3.8) is 0 Å². The number of carbonyl (C=O) groups is 2. The largest absolute Gasteiger partial charge is 0.365 e. The average Bonchev–Trinajstić information content (AvgIpc) is 2.62. The van der Waals surface area contributed by atoms with Crippen LogP contribution >= 0.6 is 11.6 Å². The molecule has 3 rings (SSSR count). The molecule has 1 N–H and O–H groups in total. The predicted octanol–water partition coefficient (Wildman–Crippen LogP) is 2.81. The number of benzene rings is 2. The molecule has 0 radical (unpaired) electrons. The molecule has 5 nitrogen and oxygen atoms in total. The third-order valence-corrected chi connectivity index (χ3v) is 4.32. The van der Waals surface area contributed by atoms with Gasteiger partial charge in [0.05, 0.1) is 12.6 Å². The molecule has 1 aliphatic rings. The molecule has 1 heterocycles. The number of hydrogen-bond donors (Lipinski definition) is 1. The standard InChI is InChI=1S/C19H19ClN2O3/c1-13-2-4-14(5-3-13)19(24)21-10-17-11-22(18(23)12-25-17)16-8-6-15(20)7-9-16/h2-9,17H,10-12H2,1H3,(H,21,24). The van der Waals surface area contributed by atoms with Gasteiger partial charge in [-0.25, -0.2) is 0 Å². The van der Waals surface area contributed by atoms with Gasteiger partial charge in [0, 0.05) is 22.8 Å². The number of amides is 2. The lowest BCUT2D eigenvalue weighted by atomic mass is 10.1. The monoisotopic (exact) mass is 358 g/mol. The molecular weight excluding hydrogens is 340 g/mol. The molecule has 6 heteroatoms. The van der Waals surface area contributed by atoms with Crippen LogP contribution in [0.25, 0.3) is 0 Å². The van der Waals surface area contributed by atoms with Crippen molar-refractivity contribution in [2.45, 2.75) is 13.0 Å². The second-order valence-corrected chi connectivity index (χ2v) is 6.43. The topological polar surface area (TPSA) is 58.6 Å². The van der Waals surface area contributed by atoms with Gasteiger partial charge in [0.2, 0.25) is 0 Å². The Kier molecular flexibility index (Phi) is 5.36. The minimum atomic E-state index is -0.261. The third-order valence-electron chi connectivity index (χ3n) is 4.07. The maximum absolute atomic E-state index is 12.2. The van der Waals surface area contributed by atoms with Crippen molar-refractivity contribution in [3.8, 4) is 0 Å². The number of halogens is 1. The number of ether oxygens (including phenoxy) is 1. The summed E-state index contributed by atoms with van der Waals surface area (Å²) in [5, 5.41) is 3.48. The van der Waals surface area contributed by atoms with E-state index in [9.17, 15) is 9.59 Å². The Balaban J connectivity index is 1.59. The molecular formula is C19H19ClN2O3. The van der Waals surface area contributed by atoms with Gasteiger partial charge < -0.3 is 15.0 Å². The first kappa shape index (κ1) is 17.5. The second-order valence-electron chi connectivity index (χ2n) is 5.99. The first-order chi connectivity index (χ1) is 12.0. The van der Waals surface area contributed by atoms with E-state index >= 15 is 0 Å². The minimum absolute atomic E-state index is 0.00625. The van der Waals surface area contributed by atoms with Gasteiger partial charge in [-0.15, -0.1) is 0 Å². The molecule has 1 unspecified atom stereocenters. The summed E-state index contributed by atoms with van der Waals surface area (Å²) in [4.78, 5) is 25.9. The van der Waals surface area contributed by atoms with E-state index in [4.69, 9.17) is 16.3 Å². The zero-order valence-electron chi connectivity index (χ0n) is 13.9. The van der Waals surface area contributed by atoms with Crippen molar-refractivity contribution in [2.75, 3.05) is 24.6 Å². The van der Waals surface area contributed by atoms with Gasteiger partial charge in [-0.1, -0.05) is 29.3 Å². The number of morpholine rings is 1. The van der Waals surface area contributed by atoms with Gasteiger partial charge >= 0.3 is 0 Å². The first-order valence-corrected chi connectivity index (χ1v) is 8.43. The molecule has 25 heavy (non-hydrogen) atoms. The molecule has 2 amide bonds. The highest BCUT2D eigenvalue weighted by Gasteiger charge is 2.27. The predicted molar refractivity (Wildman–Crippen MR) is 97.1 cm³/mol. The van der Waals surface area contributed by atoms with Crippen LogP contribution in [0, 0.1) is 6.92 Å². The Morgan fingerprint density at radius 3 is 2.56 bits per heavy atom. The molecule has 130 valence electrons. The minimum Gasteiger partial charge on any atom is -0.365 e. The van der Waals surface area contributed by atoms with Gasteiger partial charge in [-0.3, -0.25) is 9.59 Å². The van der Waals surface area contributed by atoms with E-state index < -0.39 is 0 Å². The van der Waals surface area contributed by atoms with Crippen LogP contribution in [0.4, 0.5) is 5.69 Å². The van der Waals surface area contributed by atoms with Gasteiger partial charge in [-0.2, -0.15) is 0 Å². The summed E-state index contributed by atoms with van der Waals surface area (Å²) in [6.07, 6.45) is -0.261. The Morgan fingerprint density at radius 2 is 1.88 bits per heavy atom. The Labute approximate surface area is 151 Å². The summed E-state index contributed by atoms with van der Waals surface area (Å²) in [5.74, 6) is -0.262. The molecule has 2 aromatic rings. The van der Waals surface area contributed by atoms with Gasteiger partial charge in [0.1, 0.15) is 6.61 Å².